The Morgan fingerprint density at radius 1 is 0.865 bits per heavy atom. The molecule has 0 aliphatic heterocycles. The Morgan fingerprint density at radius 2 is 1.54 bits per heavy atom. The van der Waals surface area contributed by atoms with Crippen LogP contribution in [0, 0.1) is 6.92 Å². The van der Waals surface area contributed by atoms with Crippen molar-refractivity contribution in [2.24, 2.45) is 0 Å². The fourth-order valence-corrected chi connectivity index (χ4v) is 7.30. The molecule has 0 aliphatic rings. The maximum absolute atomic E-state index is 14.6. The number of aryl methyl sites for hydroxylation is 1. The molecule has 9 heteroatoms. The maximum Gasteiger partial charge on any atom is 0.310 e. The molecule has 0 amide bonds. The van der Waals surface area contributed by atoms with E-state index in [-0.39, 0.29) is 17.9 Å². The van der Waals surface area contributed by atoms with Crippen LogP contribution in [0.3, 0.4) is 0 Å². The fourth-order valence-electron chi connectivity index (χ4n) is 3.83. The highest BCUT2D eigenvalue weighted by atomic mass is 35.5. The summed E-state index contributed by atoms with van der Waals surface area (Å²) in [5, 5.41) is 1.38. The zero-order chi connectivity index (χ0) is 26.5. The highest BCUT2D eigenvalue weighted by molar-refractivity contribution is 7.89. The van der Waals surface area contributed by atoms with E-state index in [0.29, 0.717) is 32.7 Å². The van der Waals surface area contributed by atoms with E-state index in [1.807, 2.05) is 13.0 Å². The average molecular weight is 556 g/mol. The molecular formula is C28H27ClNO5PS. The number of hydrogen-bond acceptors (Lipinski definition) is 5. The summed E-state index contributed by atoms with van der Waals surface area (Å²) in [5.74, 6) is 0.785. The number of rotatable bonds is 10. The molecule has 0 fully saturated rings. The van der Waals surface area contributed by atoms with Gasteiger partial charge in [-0.1, -0.05) is 59.6 Å². The third-order valence-corrected chi connectivity index (χ3v) is 9.91. The van der Waals surface area contributed by atoms with Crippen molar-refractivity contribution in [3.05, 3.63) is 113 Å². The highest BCUT2D eigenvalue weighted by Crippen LogP contribution is 2.48. The Morgan fingerprint density at radius 3 is 2.24 bits per heavy atom. The van der Waals surface area contributed by atoms with E-state index in [1.165, 1.54) is 7.11 Å². The lowest BCUT2D eigenvalue weighted by atomic mass is 10.1. The monoisotopic (exact) mass is 555 g/mol. The van der Waals surface area contributed by atoms with Crippen molar-refractivity contribution >= 4 is 39.6 Å². The summed E-state index contributed by atoms with van der Waals surface area (Å²) in [6.07, 6.45) is 0.266. The predicted molar refractivity (Wildman–Crippen MR) is 148 cm³/mol. The Hall–Kier alpha value is -3.09. The van der Waals surface area contributed by atoms with Gasteiger partial charge in [0.15, 0.2) is 0 Å². The first-order valence-electron chi connectivity index (χ1n) is 11.6. The first-order chi connectivity index (χ1) is 17.7. The molecule has 4 aromatic rings. The van der Waals surface area contributed by atoms with Gasteiger partial charge in [-0.15, -0.1) is 0 Å². The second-order valence-corrected chi connectivity index (χ2v) is 12.9. The van der Waals surface area contributed by atoms with E-state index in [1.54, 1.807) is 91.0 Å². The van der Waals surface area contributed by atoms with Gasteiger partial charge < -0.3 is 9.26 Å². The van der Waals surface area contributed by atoms with Crippen molar-refractivity contribution in [2.45, 2.75) is 18.2 Å². The van der Waals surface area contributed by atoms with Crippen molar-refractivity contribution in [1.29, 1.82) is 0 Å². The van der Waals surface area contributed by atoms with Gasteiger partial charge in [-0.3, -0.25) is 4.57 Å². The van der Waals surface area contributed by atoms with Crippen molar-refractivity contribution in [3.63, 3.8) is 0 Å². The molecule has 6 nitrogen and oxygen atoms in total. The van der Waals surface area contributed by atoms with E-state index in [0.717, 1.165) is 5.56 Å². The van der Waals surface area contributed by atoms with Gasteiger partial charge in [-0.2, -0.15) is 0 Å². The largest absolute Gasteiger partial charge is 0.496 e. The van der Waals surface area contributed by atoms with Crippen LogP contribution in [-0.4, -0.2) is 22.1 Å². The van der Waals surface area contributed by atoms with Gasteiger partial charge in [0.2, 0.25) is 10.0 Å². The van der Waals surface area contributed by atoms with Crippen LogP contribution < -0.4 is 24.6 Å². The topological polar surface area (TPSA) is 81.7 Å². The molecule has 1 unspecified atom stereocenters. The molecule has 0 aromatic heterocycles. The zero-order valence-corrected chi connectivity index (χ0v) is 22.9. The minimum Gasteiger partial charge on any atom is -0.496 e. The molecule has 4 rings (SSSR count). The van der Waals surface area contributed by atoms with Crippen LogP contribution in [-0.2, 0) is 21.0 Å². The van der Waals surface area contributed by atoms with Crippen LogP contribution in [0.25, 0.3) is 0 Å². The van der Waals surface area contributed by atoms with Gasteiger partial charge in [-0.25, -0.2) is 13.1 Å². The fraction of sp³-hybridized carbons (Fsp3) is 0.143. The predicted octanol–water partition coefficient (Wildman–Crippen LogP) is 5.49. The lowest BCUT2D eigenvalue weighted by molar-refractivity contribution is 0.416. The summed E-state index contributed by atoms with van der Waals surface area (Å²) >= 11 is 6.27. The van der Waals surface area contributed by atoms with E-state index in [9.17, 15) is 13.0 Å². The Balaban J connectivity index is 1.65. The van der Waals surface area contributed by atoms with Crippen molar-refractivity contribution in [2.75, 3.05) is 13.7 Å². The molecule has 0 aliphatic carbocycles. The minimum absolute atomic E-state index is 0.0945. The molecule has 37 heavy (non-hydrogen) atoms. The number of methoxy groups -OCH3 is 1. The first kappa shape index (κ1) is 27.0. The molecule has 0 bridgehead atoms. The van der Waals surface area contributed by atoms with Gasteiger partial charge in [0.1, 0.15) is 11.5 Å². The second kappa shape index (κ2) is 11.5. The van der Waals surface area contributed by atoms with Gasteiger partial charge in [0, 0.05) is 11.6 Å². The Bertz CT molecular complexity index is 1530. The molecule has 0 heterocycles. The van der Waals surface area contributed by atoms with E-state index < -0.39 is 17.4 Å². The second-order valence-electron chi connectivity index (χ2n) is 8.36. The van der Waals surface area contributed by atoms with Gasteiger partial charge in [0.05, 0.1) is 22.6 Å². The molecule has 192 valence electrons. The summed E-state index contributed by atoms with van der Waals surface area (Å²) in [6, 6.07) is 27.6. The molecule has 0 saturated heterocycles. The van der Waals surface area contributed by atoms with Gasteiger partial charge in [0.25, 0.3) is 0 Å². The number of para-hydroxylation sites is 1. The van der Waals surface area contributed by atoms with Crippen LogP contribution in [0.4, 0.5) is 0 Å². The minimum atomic E-state index is -3.70. The summed E-state index contributed by atoms with van der Waals surface area (Å²) < 4.78 is 54.5. The van der Waals surface area contributed by atoms with Crippen LogP contribution in [0.15, 0.2) is 102 Å². The van der Waals surface area contributed by atoms with E-state index in [2.05, 4.69) is 4.72 Å². The third-order valence-electron chi connectivity index (χ3n) is 5.77. The quantitative estimate of drug-likeness (QED) is 0.262. The van der Waals surface area contributed by atoms with Gasteiger partial charge >= 0.3 is 7.37 Å². The summed E-state index contributed by atoms with van der Waals surface area (Å²) in [7, 11) is -5.85. The highest BCUT2D eigenvalue weighted by Gasteiger charge is 2.34. The van der Waals surface area contributed by atoms with Crippen molar-refractivity contribution in [3.8, 4) is 11.5 Å². The zero-order valence-electron chi connectivity index (χ0n) is 20.4. The third kappa shape index (κ3) is 6.25. The summed E-state index contributed by atoms with van der Waals surface area (Å²) in [6.45, 7) is 1.99. The number of hydrogen-bond donors (Lipinski definition) is 1. The molecule has 1 atom stereocenters. The van der Waals surface area contributed by atoms with Crippen molar-refractivity contribution < 1.29 is 22.2 Å². The van der Waals surface area contributed by atoms with E-state index in [4.69, 9.17) is 20.9 Å². The normalized spacial score (nSPS) is 13.1. The molecule has 0 radical (unpaired) electrons. The smallest absolute Gasteiger partial charge is 0.310 e. The average Bonchev–Trinajstić information content (AvgIpc) is 2.90. The van der Waals surface area contributed by atoms with Crippen LogP contribution in [0.2, 0.25) is 5.02 Å². The SMILES string of the molecule is COc1ccccc1P(=O)(Oc1ccc(Cl)cc1CCNS(=O)(=O)c1ccc(C)cc1)c1ccccc1. The number of nitrogens with one attached hydrogen (secondary N) is 1. The standard InChI is InChI=1S/C28H27ClNO5PS/c1-21-12-15-25(16-13-21)37(32,33)30-19-18-22-20-23(29)14-17-26(22)35-36(31,24-8-4-3-5-9-24)28-11-7-6-10-27(28)34-2/h3-17,20,30H,18-19H2,1-2H3. The summed E-state index contributed by atoms with van der Waals surface area (Å²) in [4.78, 5) is 0.186. The lowest BCUT2D eigenvalue weighted by Crippen LogP contribution is -2.26. The summed E-state index contributed by atoms with van der Waals surface area (Å²) in [5.41, 5.74) is 1.59. The van der Waals surface area contributed by atoms with Crippen LogP contribution >= 0.6 is 19.0 Å². The number of sulfonamides is 1. The Kier molecular flexibility index (Phi) is 8.40. The van der Waals surface area contributed by atoms with Crippen LogP contribution in [0.5, 0.6) is 11.5 Å². The van der Waals surface area contributed by atoms with Crippen LogP contribution in [0.1, 0.15) is 11.1 Å². The molecular weight excluding hydrogens is 529 g/mol. The molecule has 0 spiro atoms. The molecule has 0 saturated carbocycles. The lowest BCUT2D eigenvalue weighted by Gasteiger charge is -2.23. The molecule has 1 N–H and O–H groups in total. The molecule has 4 aromatic carbocycles. The van der Waals surface area contributed by atoms with Gasteiger partial charge in [-0.05, 0) is 73.5 Å². The Labute approximate surface area is 222 Å². The first-order valence-corrected chi connectivity index (χ1v) is 15.0. The van der Waals surface area contributed by atoms with Crippen molar-refractivity contribution in [1.82, 2.24) is 4.72 Å². The number of benzene rings is 4. The maximum atomic E-state index is 14.6. The van der Waals surface area contributed by atoms with E-state index >= 15 is 0 Å². The number of ether oxygens (including phenoxy) is 1. The number of halogens is 1.